The van der Waals surface area contributed by atoms with Crippen molar-refractivity contribution in [2.75, 3.05) is 47.0 Å². The number of aliphatic hydroxyl groups is 1. The molecule has 1 heterocycles. The molecule has 1 atom stereocenters. The summed E-state index contributed by atoms with van der Waals surface area (Å²) in [5.41, 5.74) is -3.65. The molecule has 0 bridgehead atoms. The molecular weight excluding hydrogens is 704 g/mol. The largest absolute Gasteiger partial charge is 0.544 e. The molecule has 2 aromatic carbocycles. The summed E-state index contributed by atoms with van der Waals surface area (Å²) >= 11 is 0. The maximum Gasteiger partial charge on any atom is 0.417 e. The van der Waals surface area contributed by atoms with E-state index in [1.165, 1.54) is 6.07 Å². The van der Waals surface area contributed by atoms with Crippen LogP contribution >= 0.6 is 12.4 Å². The number of halogens is 7. The number of aliphatic carboxylic acids is 1. The van der Waals surface area contributed by atoms with Crippen LogP contribution in [0.15, 0.2) is 66.9 Å². The number of carboxylic acids is 1. The van der Waals surface area contributed by atoms with Crippen LogP contribution in [0, 0.1) is 0 Å². The number of pyridine rings is 1. The number of hydrogen-bond donors (Lipinski definition) is 1. The van der Waals surface area contributed by atoms with E-state index in [9.17, 15) is 46.1 Å². The van der Waals surface area contributed by atoms with Crippen molar-refractivity contribution in [3.8, 4) is 11.3 Å². The van der Waals surface area contributed by atoms with E-state index in [2.05, 4.69) is 23.7 Å². The topological polar surface area (TPSA) is 103 Å². The number of esters is 1. The lowest BCUT2D eigenvalue weighted by atomic mass is 9.95. The van der Waals surface area contributed by atoms with Gasteiger partial charge in [0, 0.05) is 18.3 Å². The Labute approximate surface area is 301 Å². The number of quaternary nitrogens is 1. The Hall–Kier alpha value is -3.72. The molecule has 0 radical (unpaired) electrons. The van der Waals surface area contributed by atoms with Crippen molar-refractivity contribution < 1.29 is 55.4 Å². The van der Waals surface area contributed by atoms with Crippen molar-refractivity contribution in [2.24, 2.45) is 0 Å². The molecule has 51 heavy (non-hydrogen) atoms. The van der Waals surface area contributed by atoms with Crippen LogP contribution in [-0.2, 0) is 21.9 Å². The van der Waals surface area contributed by atoms with Crippen LogP contribution in [0.4, 0.5) is 26.3 Å². The first-order valence-corrected chi connectivity index (χ1v) is 16.3. The van der Waals surface area contributed by atoms with Crippen LogP contribution < -0.4 is 5.11 Å². The predicted molar refractivity (Wildman–Crippen MR) is 181 cm³/mol. The number of unbranched alkanes of at least 4 members (excludes halogenated alkanes) is 2. The van der Waals surface area contributed by atoms with Gasteiger partial charge in [-0.05, 0) is 74.3 Å². The maximum absolute atomic E-state index is 13.5. The zero-order valence-corrected chi connectivity index (χ0v) is 29.9. The number of rotatable bonds is 16. The molecule has 0 aliphatic heterocycles. The minimum Gasteiger partial charge on any atom is -0.544 e. The van der Waals surface area contributed by atoms with Gasteiger partial charge < -0.3 is 24.6 Å². The fraction of sp³-hybridized carbons (Fsp3) is 0.472. The van der Waals surface area contributed by atoms with Crippen LogP contribution in [-0.4, -0.2) is 78.4 Å². The van der Waals surface area contributed by atoms with Crippen molar-refractivity contribution in [3.05, 3.63) is 89.1 Å². The normalized spacial score (nSPS) is 12.4. The lowest BCUT2D eigenvalue weighted by molar-refractivity contribution is -0.901. The van der Waals surface area contributed by atoms with Gasteiger partial charge >= 0.3 is 18.3 Å². The molecule has 0 fully saturated rings. The molecule has 1 N–H and O–H groups in total. The van der Waals surface area contributed by atoms with Gasteiger partial charge in [0.05, 0.1) is 48.6 Å². The SMILES string of the molecule is CCCCN(CCCC)CCC(O)c1ccnc(-c2c(C(F)(F)F)cccc2C(F)(F)F)c1.C[N+](C)(COC(=O)c1ccccc1)CC(=O)[O-].Cl. The summed E-state index contributed by atoms with van der Waals surface area (Å²) in [6.07, 6.45) is -5.51. The number of likely N-dealkylation sites (N-methyl/N-ethyl adjacent to an activating group) is 1. The second kappa shape index (κ2) is 21.0. The molecule has 0 spiro atoms. The predicted octanol–water partition coefficient (Wildman–Crippen LogP) is 7.16. The average Bonchev–Trinajstić information content (AvgIpc) is 3.05. The van der Waals surface area contributed by atoms with Gasteiger partial charge in [0.15, 0.2) is 0 Å². The van der Waals surface area contributed by atoms with Crippen molar-refractivity contribution in [1.82, 2.24) is 9.88 Å². The second-order valence-electron chi connectivity index (χ2n) is 12.4. The van der Waals surface area contributed by atoms with E-state index in [4.69, 9.17) is 4.74 Å². The van der Waals surface area contributed by atoms with Gasteiger partial charge in [-0.2, -0.15) is 26.3 Å². The minimum absolute atomic E-state index is 0. The molecule has 8 nitrogen and oxygen atoms in total. The van der Waals surface area contributed by atoms with Crippen LogP contribution in [0.2, 0.25) is 0 Å². The number of carbonyl (C=O) groups is 2. The third-order valence-corrected chi connectivity index (χ3v) is 7.59. The maximum atomic E-state index is 13.5. The number of alkyl halides is 6. The number of carbonyl (C=O) groups excluding carboxylic acids is 2. The Morgan fingerprint density at radius 3 is 1.92 bits per heavy atom. The van der Waals surface area contributed by atoms with E-state index in [1.54, 1.807) is 44.4 Å². The fourth-order valence-corrected chi connectivity index (χ4v) is 4.95. The number of ether oxygens (including phenoxy) is 1. The Bertz CT molecular complexity index is 1470. The number of carboxylic acid groups (broad SMARTS) is 1. The fourth-order valence-electron chi connectivity index (χ4n) is 4.95. The Morgan fingerprint density at radius 2 is 1.43 bits per heavy atom. The highest BCUT2D eigenvalue weighted by molar-refractivity contribution is 5.89. The number of nitrogens with zero attached hydrogens (tertiary/aromatic N) is 3. The molecule has 1 unspecified atom stereocenters. The molecule has 0 saturated carbocycles. The highest BCUT2D eigenvalue weighted by atomic mass is 35.5. The number of aromatic nitrogens is 1. The standard InChI is InChI=1S/C24H30F6N2O.C12H15NO4.ClH/c1-3-5-13-32(14-6-4-2)15-11-21(33)17-10-12-31-20(16-17)22-18(23(25,26)27)8-7-9-19(22)24(28,29)30;1-13(2,8-11(14)15)9-17-12(16)10-6-4-3-5-7-10;/h7-10,12,16,21,33H,3-6,11,13-15H2,1-2H3;3-7H,8-9H2,1-2H3;1H. The Balaban J connectivity index is 0.000000609. The van der Waals surface area contributed by atoms with Gasteiger partial charge in [0.1, 0.15) is 6.54 Å². The lowest BCUT2D eigenvalue weighted by Gasteiger charge is -2.28. The van der Waals surface area contributed by atoms with Gasteiger partial charge in [-0.25, -0.2) is 4.79 Å². The van der Waals surface area contributed by atoms with E-state index in [1.807, 2.05) is 0 Å². The molecule has 15 heteroatoms. The minimum atomic E-state index is -4.99. The zero-order valence-electron chi connectivity index (χ0n) is 29.1. The average molecular weight is 750 g/mol. The molecule has 0 aliphatic carbocycles. The summed E-state index contributed by atoms with van der Waals surface area (Å²) in [5.74, 6) is -1.64. The molecule has 1 aromatic heterocycles. The lowest BCUT2D eigenvalue weighted by Crippen LogP contribution is -2.49. The van der Waals surface area contributed by atoms with E-state index < -0.39 is 52.8 Å². The van der Waals surface area contributed by atoms with Gasteiger partial charge in [-0.3, -0.25) is 9.47 Å². The molecule has 284 valence electrons. The zero-order chi connectivity index (χ0) is 37.5. The smallest absolute Gasteiger partial charge is 0.417 e. The molecule has 3 aromatic rings. The Kier molecular flexibility index (Phi) is 18.6. The van der Waals surface area contributed by atoms with Crippen molar-refractivity contribution >= 4 is 24.3 Å². The number of aliphatic hydroxyl groups excluding tert-OH is 1. The third-order valence-electron chi connectivity index (χ3n) is 7.59. The first-order chi connectivity index (χ1) is 23.4. The van der Waals surface area contributed by atoms with Crippen molar-refractivity contribution in [1.29, 1.82) is 0 Å². The molecule has 0 aliphatic rings. The summed E-state index contributed by atoms with van der Waals surface area (Å²) in [4.78, 5) is 28.1. The summed E-state index contributed by atoms with van der Waals surface area (Å²) in [7, 11) is 3.29. The van der Waals surface area contributed by atoms with Gasteiger partial charge in [-0.1, -0.05) is 51.0 Å². The van der Waals surface area contributed by atoms with Crippen LogP contribution in [0.5, 0.6) is 0 Å². The van der Waals surface area contributed by atoms with E-state index >= 15 is 0 Å². The van der Waals surface area contributed by atoms with Crippen LogP contribution in [0.1, 0.15) is 79.1 Å². The molecule has 3 rings (SSSR count). The Morgan fingerprint density at radius 1 is 0.882 bits per heavy atom. The number of benzene rings is 2. The second-order valence-corrected chi connectivity index (χ2v) is 12.4. The van der Waals surface area contributed by atoms with Gasteiger partial charge in [-0.15, -0.1) is 12.4 Å². The highest BCUT2D eigenvalue weighted by Gasteiger charge is 2.41. The van der Waals surface area contributed by atoms with Crippen LogP contribution in [0.3, 0.4) is 0 Å². The third kappa shape index (κ3) is 15.6. The first-order valence-electron chi connectivity index (χ1n) is 16.3. The van der Waals surface area contributed by atoms with E-state index in [-0.39, 0.29) is 35.7 Å². The monoisotopic (exact) mass is 749 g/mol. The van der Waals surface area contributed by atoms with Gasteiger partial charge in [0.25, 0.3) is 0 Å². The molecular formula is C36H46ClF6N3O5. The van der Waals surface area contributed by atoms with Crippen molar-refractivity contribution in [2.45, 2.75) is 64.4 Å². The summed E-state index contributed by atoms with van der Waals surface area (Å²) in [6.45, 7) is 6.27. The summed E-state index contributed by atoms with van der Waals surface area (Å²) in [5, 5.41) is 21.1. The number of hydrogen-bond acceptors (Lipinski definition) is 7. The summed E-state index contributed by atoms with van der Waals surface area (Å²) in [6, 6.07) is 13.0. The van der Waals surface area contributed by atoms with E-state index in [0.29, 0.717) is 30.7 Å². The molecule has 0 saturated heterocycles. The molecule has 0 amide bonds. The van der Waals surface area contributed by atoms with E-state index in [0.717, 1.165) is 57.1 Å². The van der Waals surface area contributed by atoms with Gasteiger partial charge in [0.2, 0.25) is 6.73 Å². The summed E-state index contributed by atoms with van der Waals surface area (Å²) < 4.78 is 86.2. The quantitative estimate of drug-likeness (QED) is 0.0718. The highest BCUT2D eigenvalue weighted by Crippen LogP contribution is 2.44. The first kappa shape index (κ1) is 45.3. The van der Waals surface area contributed by atoms with Crippen LogP contribution in [0.25, 0.3) is 11.3 Å². The van der Waals surface area contributed by atoms with Crippen molar-refractivity contribution in [3.63, 3.8) is 0 Å².